The van der Waals surface area contributed by atoms with Crippen LogP contribution in [0.5, 0.6) is 0 Å². The Morgan fingerprint density at radius 3 is 2.17 bits per heavy atom. The SMILES string of the molecule is C[C@@H]1CS[C@@H](CCCCC(=O)NCCCCCC2(Nc3cc(NC(=O)CCCCCNC(=O)CCCC[C@@H]4SC[C@@H]5NC(N)=N[C@@H]54)cc(C(N)=O)c3)CO2)CN=C(N)N1. The van der Waals surface area contributed by atoms with Gasteiger partial charge in [0.15, 0.2) is 17.6 Å². The van der Waals surface area contributed by atoms with Crippen molar-refractivity contribution in [3.05, 3.63) is 23.8 Å². The van der Waals surface area contributed by atoms with E-state index >= 15 is 0 Å². The summed E-state index contributed by atoms with van der Waals surface area (Å²) in [6.07, 6.45) is 12.9. The molecule has 0 saturated carbocycles. The minimum Gasteiger partial charge on any atom is -0.370 e. The van der Waals surface area contributed by atoms with Gasteiger partial charge in [-0.1, -0.05) is 25.7 Å². The van der Waals surface area contributed by atoms with Gasteiger partial charge in [-0.05, 0) is 82.9 Å². The average molecular weight is 858 g/mol. The molecule has 12 N–H and O–H groups in total. The highest BCUT2D eigenvalue weighted by Crippen LogP contribution is 2.36. The van der Waals surface area contributed by atoms with Crippen molar-refractivity contribution in [2.45, 2.75) is 144 Å². The van der Waals surface area contributed by atoms with Crippen LogP contribution in [0, 0.1) is 0 Å². The fourth-order valence-electron chi connectivity index (χ4n) is 7.66. The number of thioether (sulfide) groups is 2. The lowest BCUT2D eigenvalue weighted by Crippen LogP contribution is -2.41. The maximum absolute atomic E-state index is 12.8. The number of anilines is 2. The molecule has 2 fully saturated rings. The summed E-state index contributed by atoms with van der Waals surface area (Å²) in [6.45, 7) is 4.59. The largest absolute Gasteiger partial charge is 0.370 e. The number of amides is 4. The summed E-state index contributed by atoms with van der Waals surface area (Å²) in [5.74, 6) is 2.51. The lowest BCUT2D eigenvalue weighted by atomic mass is 10.0. The first-order chi connectivity index (χ1) is 28.5. The number of fused-ring (bicyclic) bond motifs is 1. The Kier molecular flexibility index (Phi) is 18.6. The summed E-state index contributed by atoms with van der Waals surface area (Å²) in [7, 11) is 0. The number of carbonyl (C=O) groups is 4. The standard InChI is InChI=1S/C41H67N11O5S2/c1-27-24-58-31(23-47-39(43)48-27)12-5-7-14-34(53)46-19-11-3-9-17-41(26-57-41)52-30-21-28(38(42)56)20-29(22-30)49-36(55)16-4-2-10-18-45-35(54)15-8-6-13-33-37-32(25-59-33)50-40(44)51-37/h20-22,27,31-33,37,52H,2-19,23-26H2,1H3,(H2,42,56)(H,45,54)(H,46,53)(H,49,55)(H3,43,47,48)(H3,44,50,51)/t27-,31+,32+,33+,37+,41?/m1/s1. The highest BCUT2D eigenvalue weighted by Gasteiger charge is 2.44. The third-order valence-corrected chi connectivity index (χ3v) is 14.1. The highest BCUT2D eigenvalue weighted by atomic mass is 32.2. The van der Waals surface area contributed by atoms with E-state index in [-0.39, 0.29) is 29.3 Å². The van der Waals surface area contributed by atoms with Crippen molar-refractivity contribution in [2.75, 3.05) is 48.4 Å². The molecule has 0 bridgehead atoms. The first-order valence-corrected chi connectivity index (χ1v) is 23.7. The smallest absolute Gasteiger partial charge is 0.248 e. The van der Waals surface area contributed by atoms with E-state index in [0.29, 0.717) is 97.8 Å². The molecule has 1 aromatic rings. The molecule has 6 atom stereocenters. The number of ether oxygens (including phenoxy) is 1. The van der Waals surface area contributed by atoms with Crippen LogP contribution in [0.15, 0.2) is 28.2 Å². The zero-order valence-electron chi connectivity index (χ0n) is 34.7. The maximum atomic E-state index is 12.8. The Labute approximate surface area is 357 Å². The molecule has 18 heteroatoms. The van der Waals surface area contributed by atoms with Gasteiger partial charge in [-0.15, -0.1) is 0 Å². The maximum Gasteiger partial charge on any atom is 0.248 e. The Hall–Kier alpha value is -3.90. The summed E-state index contributed by atoms with van der Waals surface area (Å²) in [5, 5.41) is 19.7. The van der Waals surface area contributed by atoms with E-state index < -0.39 is 11.6 Å². The molecule has 1 unspecified atom stereocenters. The van der Waals surface area contributed by atoms with Crippen molar-refractivity contribution >= 4 is 70.4 Å². The number of primary amides is 1. The predicted molar refractivity (Wildman–Crippen MR) is 240 cm³/mol. The molecule has 0 spiro atoms. The zero-order valence-corrected chi connectivity index (χ0v) is 36.3. The fourth-order valence-corrected chi connectivity index (χ4v) is 10.3. The van der Waals surface area contributed by atoms with E-state index in [0.717, 1.165) is 88.6 Å². The predicted octanol–water partition coefficient (Wildman–Crippen LogP) is 3.52. The van der Waals surface area contributed by atoms with Gasteiger partial charge in [0.25, 0.3) is 0 Å². The average Bonchev–Trinajstić information content (AvgIpc) is 3.70. The minimum absolute atomic E-state index is 0.0655. The molecule has 1 aromatic carbocycles. The molecular formula is C41H67N11O5S2. The number of aliphatic imine (C=N–C) groups is 2. The summed E-state index contributed by atoms with van der Waals surface area (Å²) in [6, 6.07) is 5.96. The molecule has 328 valence electrons. The van der Waals surface area contributed by atoms with Crippen molar-refractivity contribution in [3.8, 4) is 0 Å². The van der Waals surface area contributed by atoms with Crippen LogP contribution in [0.2, 0.25) is 0 Å². The summed E-state index contributed by atoms with van der Waals surface area (Å²) in [4.78, 5) is 58.6. The van der Waals surface area contributed by atoms with Crippen molar-refractivity contribution in [1.29, 1.82) is 0 Å². The molecule has 4 aliphatic heterocycles. The molecule has 0 aromatic heterocycles. The number of carbonyl (C=O) groups excluding carboxylic acids is 4. The van der Waals surface area contributed by atoms with E-state index in [9.17, 15) is 19.2 Å². The van der Waals surface area contributed by atoms with E-state index in [2.05, 4.69) is 48.8 Å². The number of benzene rings is 1. The number of guanidine groups is 2. The second kappa shape index (κ2) is 23.8. The first kappa shape index (κ1) is 46.2. The van der Waals surface area contributed by atoms with Gasteiger partial charge in [-0.2, -0.15) is 23.5 Å². The van der Waals surface area contributed by atoms with Gasteiger partial charge in [-0.3, -0.25) is 24.2 Å². The lowest BCUT2D eigenvalue weighted by molar-refractivity contribution is -0.122. The van der Waals surface area contributed by atoms with Crippen LogP contribution in [0.25, 0.3) is 0 Å². The molecule has 2 saturated heterocycles. The monoisotopic (exact) mass is 857 g/mol. The first-order valence-electron chi connectivity index (χ1n) is 21.6. The van der Waals surface area contributed by atoms with Gasteiger partial charge in [0, 0.05) is 77.3 Å². The van der Waals surface area contributed by atoms with Gasteiger partial charge < -0.3 is 53.8 Å². The number of nitrogens with one attached hydrogen (secondary N) is 6. The second-order valence-corrected chi connectivity index (χ2v) is 18.9. The molecule has 4 amide bonds. The van der Waals surface area contributed by atoms with Crippen molar-refractivity contribution in [3.63, 3.8) is 0 Å². The Morgan fingerprint density at radius 1 is 0.797 bits per heavy atom. The third kappa shape index (κ3) is 16.6. The topological polar surface area (TPSA) is 256 Å². The van der Waals surface area contributed by atoms with E-state index in [1.54, 1.807) is 18.2 Å². The number of nitrogens with two attached hydrogens (primary N) is 3. The molecule has 4 heterocycles. The van der Waals surface area contributed by atoms with Gasteiger partial charge >= 0.3 is 0 Å². The molecule has 4 aliphatic rings. The van der Waals surface area contributed by atoms with E-state index in [1.807, 2.05) is 23.5 Å². The van der Waals surface area contributed by atoms with Crippen LogP contribution >= 0.6 is 23.5 Å². The quantitative estimate of drug-likeness (QED) is 0.0480. The Balaban J connectivity index is 0.890. The molecule has 0 radical (unpaired) electrons. The molecule has 59 heavy (non-hydrogen) atoms. The van der Waals surface area contributed by atoms with Gasteiger partial charge in [0.05, 0.1) is 25.2 Å². The summed E-state index contributed by atoms with van der Waals surface area (Å²) < 4.78 is 5.81. The van der Waals surface area contributed by atoms with Crippen LogP contribution in [0.3, 0.4) is 0 Å². The number of epoxide rings is 1. The number of hydrogen-bond acceptors (Lipinski definition) is 14. The number of rotatable bonds is 26. The zero-order chi connectivity index (χ0) is 42.0. The normalized spacial score (nSPS) is 24.6. The molecule has 5 rings (SSSR count). The van der Waals surface area contributed by atoms with Gasteiger partial charge in [0.1, 0.15) is 0 Å². The van der Waals surface area contributed by atoms with E-state index in [1.165, 1.54) is 0 Å². The van der Waals surface area contributed by atoms with Crippen molar-refractivity contribution in [2.24, 2.45) is 27.2 Å². The van der Waals surface area contributed by atoms with Gasteiger partial charge in [0.2, 0.25) is 23.6 Å². The highest BCUT2D eigenvalue weighted by molar-refractivity contribution is 8.00. The molecule has 16 nitrogen and oxygen atoms in total. The number of nitrogens with zero attached hydrogens (tertiary/aromatic N) is 2. The molecular weight excluding hydrogens is 791 g/mol. The molecule has 0 aliphatic carbocycles. The lowest BCUT2D eigenvalue weighted by Gasteiger charge is -2.22. The number of hydrogen-bond donors (Lipinski definition) is 9. The summed E-state index contributed by atoms with van der Waals surface area (Å²) >= 11 is 3.86. The Morgan fingerprint density at radius 2 is 1.46 bits per heavy atom. The third-order valence-electron chi connectivity index (χ3n) is 11.0. The number of unbranched alkanes of at least 4 members (excludes halogenated alkanes) is 6. The van der Waals surface area contributed by atoms with Crippen LogP contribution in [-0.2, 0) is 19.1 Å². The van der Waals surface area contributed by atoms with Crippen LogP contribution in [0.1, 0.15) is 120 Å². The van der Waals surface area contributed by atoms with Gasteiger partial charge in [-0.25, -0.2) is 4.99 Å². The fraction of sp³-hybridized carbons (Fsp3) is 0.707. The second-order valence-electron chi connectivity index (χ2n) is 16.3. The van der Waals surface area contributed by atoms with Crippen LogP contribution < -0.4 is 49.1 Å². The van der Waals surface area contributed by atoms with E-state index in [4.69, 9.17) is 21.9 Å². The van der Waals surface area contributed by atoms with Crippen molar-refractivity contribution in [1.82, 2.24) is 21.3 Å². The van der Waals surface area contributed by atoms with Crippen molar-refractivity contribution < 1.29 is 23.9 Å². The minimum atomic E-state index is -0.589. The summed E-state index contributed by atoms with van der Waals surface area (Å²) in [5.41, 5.74) is 18.2. The van der Waals surface area contributed by atoms with Crippen LogP contribution in [-0.4, -0.2) is 108 Å². The van der Waals surface area contributed by atoms with Crippen LogP contribution in [0.4, 0.5) is 11.4 Å². The Bertz CT molecular complexity index is 1630.